The highest BCUT2D eigenvalue weighted by atomic mass is 127. The molecule has 0 N–H and O–H groups in total. The van der Waals surface area contributed by atoms with Crippen molar-refractivity contribution >= 4 is 28.6 Å². The Kier molecular flexibility index (Phi) is 1.55. The second-order valence-corrected chi connectivity index (χ2v) is 3.01. The molecular formula is C5H5IO2. The van der Waals surface area contributed by atoms with Gasteiger partial charge in [0.15, 0.2) is 4.11 Å². The standard InChI is InChI=1S/C5H5IO2/c1-3-2-4(6)8-5(3)7/h4H,1-2H2. The Balaban J connectivity index is 2.64. The van der Waals surface area contributed by atoms with Gasteiger partial charge in [-0.3, -0.25) is 0 Å². The number of halogens is 1. The Bertz CT molecular complexity index is 125. The third-order valence-corrected chi connectivity index (χ3v) is 1.63. The van der Waals surface area contributed by atoms with Gasteiger partial charge in [-0.25, -0.2) is 4.79 Å². The highest BCUT2D eigenvalue weighted by Gasteiger charge is 2.23. The maximum atomic E-state index is 10.5. The van der Waals surface area contributed by atoms with Crippen LogP contribution in [0.25, 0.3) is 0 Å². The van der Waals surface area contributed by atoms with Crippen LogP contribution in [0, 0.1) is 0 Å². The van der Waals surface area contributed by atoms with Gasteiger partial charge in [0.1, 0.15) is 0 Å². The van der Waals surface area contributed by atoms with Gasteiger partial charge in [-0.2, -0.15) is 0 Å². The van der Waals surface area contributed by atoms with Gasteiger partial charge in [0.25, 0.3) is 0 Å². The van der Waals surface area contributed by atoms with Gasteiger partial charge >= 0.3 is 5.97 Å². The van der Waals surface area contributed by atoms with Crippen molar-refractivity contribution < 1.29 is 9.53 Å². The van der Waals surface area contributed by atoms with Crippen LogP contribution in [0.4, 0.5) is 0 Å². The number of rotatable bonds is 0. The molecule has 1 atom stereocenters. The number of ether oxygens (including phenoxy) is 1. The first-order valence-electron chi connectivity index (χ1n) is 2.23. The van der Waals surface area contributed by atoms with E-state index in [0.29, 0.717) is 12.0 Å². The zero-order chi connectivity index (χ0) is 6.15. The Morgan fingerprint density at radius 2 is 2.50 bits per heavy atom. The normalized spacial score (nSPS) is 28.4. The molecule has 0 bridgehead atoms. The van der Waals surface area contributed by atoms with E-state index in [1.807, 2.05) is 0 Å². The fraction of sp³-hybridized carbons (Fsp3) is 0.400. The van der Waals surface area contributed by atoms with Crippen molar-refractivity contribution in [1.29, 1.82) is 0 Å². The number of hydrogen-bond acceptors (Lipinski definition) is 2. The second kappa shape index (κ2) is 2.05. The SMILES string of the molecule is C=C1CC(I)OC1=O. The van der Waals surface area contributed by atoms with E-state index in [4.69, 9.17) is 4.74 Å². The zero-order valence-corrected chi connectivity index (χ0v) is 6.34. The lowest BCUT2D eigenvalue weighted by molar-refractivity contribution is -0.135. The summed E-state index contributed by atoms with van der Waals surface area (Å²) in [4.78, 5) is 10.5. The molecule has 1 heterocycles. The molecule has 1 unspecified atom stereocenters. The topological polar surface area (TPSA) is 26.3 Å². The van der Waals surface area contributed by atoms with Crippen molar-refractivity contribution in [3.8, 4) is 0 Å². The van der Waals surface area contributed by atoms with Crippen molar-refractivity contribution in [1.82, 2.24) is 0 Å². The Morgan fingerprint density at radius 1 is 1.88 bits per heavy atom. The first-order chi connectivity index (χ1) is 3.70. The first-order valence-corrected chi connectivity index (χ1v) is 3.47. The maximum Gasteiger partial charge on any atom is 0.334 e. The minimum absolute atomic E-state index is 0.0209. The number of cyclic esters (lactones) is 1. The molecule has 1 aliphatic heterocycles. The quantitative estimate of drug-likeness (QED) is 0.268. The van der Waals surface area contributed by atoms with Gasteiger partial charge in [-0.1, -0.05) is 6.58 Å². The Morgan fingerprint density at radius 3 is 2.62 bits per heavy atom. The van der Waals surface area contributed by atoms with Gasteiger partial charge in [-0.05, 0) is 22.6 Å². The molecular weight excluding hydrogens is 219 g/mol. The van der Waals surface area contributed by atoms with Crippen LogP contribution >= 0.6 is 22.6 Å². The van der Waals surface area contributed by atoms with Crippen LogP contribution in [0.5, 0.6) is 0 Å². The van der Waals surface area contributed by atoms with E-state index in [2.05, 4.69) is 29.2 Å². The smallest absolute Gasteiger partial charge is 0.334 e. The summed E-state index contributed by atoms with van der Waals surface area (Å²) >= 11 is 2.06. The number of carbonyl (C=O) groups is 1. The maximum absolute atomic E-state index is 10.5. The summed E-state index contributed by atoms with van der Waals surface area (Å²) in [6.07, 6.45) is 0.680. The predicted octanol–water partition coefficient (Wildman–Crippen LogP) is 1.25. The van der Waals surface area contributed by atoms with Gasteiger partial charge < -0.3 is 4.74 Å². The molecule has 0 aliphatic carbocycles. The van der Waals surface area contributed by atoms with Crippen LogP contribution in [0.15, 0.2) is 12.2 Å². The summed E-state index contributed by atoms with van der Waals surface area (Å²) in [5, 5.41) is 0. The third-order valence-electron chi connectivity index (χ3n) is 0.930. The largest absolute Gasteiger partial charge is 0.448 e. The van der Waals surface area contributed by atoms with Gasteiger partial charge in [0.2, 0.25) is 0 Å². The van der Waals surface area contributed by atoms with Gasteiger partial charge in [0, 0.05) is 12.0 Å². The molecule has 0 aromatic rings. The molecule has 1 rings (SSSR count). The van der Waals surface area contributed by atoms with Gasteiger partial charge in [0.05, 0.1) is 0 Å². The lowest BCUT2D eigenvalue weighted by Gasteiger charge is -1.92. The average molecular weight is 224 g/mol. The van der Waals surface area contributed by atoms with E-state index in [1.165, 1.54) is 0 Å². The monoisotopic (exact) mass is 224 g/mol. The number of esters is 1. The molecule has 1 saturated heterocycles. The Labute approximate surface area is 61.0 Å². The molecule has 1 aliphatic rings. The van der Waals surface area contributed by atoms with E-state index >= 15 is 0 Å². The Hall–Kier alpha value is -0.0600. The van der Waals surface area contributed by atoms with E-state index in [-0.39, 0.29) is 10.1 Å². The van der Waals surface area contributed by atoms with E-state index < -0.39 is 0 Å². The number of alkyl halides is 1. The molecule has 0 spiro atoms. The number of hydrogen-bond donors (Lipinski definition) is 0. The van der Waals surface area contributed by atoms with Crippen LogP contribution in [0.3, 0.4) is 0 Å². The van der Waals surface area contributed by atoms with E-state index in [1.54, 1.807) is 0 Å². The van der Waals surface area contributed by atoms with Crippen molar-refractivity contribution in [2.45, 2.75) is 10.5 Å². The minimum atomic E-state index is -0.246. The van der Waals surface area contributed by atoms with Crippen LogP contribution in [-0.4, -0.2) is 10.1 Å². The lowest BCUT2D eigenvalue weighted by atomic mass is 10.3. The third kappa shape index (κ3) is 1.02. The summed E-state index contributed by atoms with van der Waals surface area (Å²) in [6, 6.07) is 0. The van der Waals surface area contributed by atoms with Gasteiger partial charge in [-0.15, -0.1) is 0 Å². The molecule has 8 heavy (non-hydrogen) atoms. The summed E-state index contributed by atoms with van der Waals surface area (Å²) in [5.74, 6) is -0.246. The second-order valence-electron chi connectivity index (χ2n) is 1.62. The summed E-state index contributed by atoms with van der Waals surface area (Å²) in [6.45, 7) is 3.51. The highest BCUT2D eigenvalue weighted by Crippen LogP contribution is 2.22. The van der Waals surface area contributed by atoms with Crippen molar-refractivity contribution in [2.75, 3.05) is 0 Å². The van der Waals surface area contributed by atoms with Crippen LogP contribution in [0.2, 0.25) is 0 Å². The molecule has 0 amide bonds. The zero-order valence-electron chi connectivity index (χ0n) is 4.19. The van der Waals surface area contributed by atoms with Crippen molar-refractivity contribution in [2.24, 2.45) is 0 Å². The average Bonchev–Trinajstić information content (AvgIpc) is 1.85. The molecule has 0 aromatic heterocycles. The molecule has 0 aromatic carbocycles. The van der Waals surface area contributed by atoms with Crippen molar-refractivity contribution in [3.63, 3.8) is 0 Å². The lowest BCUT2D eigenvalue weighted by Crippen LogP contribution is -1.95. The molecule has 44 valence electrons. The summed E-state index contributed by atoms with van der Waals surface area (Å²) < 4.78 is 4.74. The summed E-state index contributed by atoms with van der Waals surface area (Å²) in [7, 11) is 0. The van der Waals surface area contributed by atoms with Crippen LogP contribution < -0.4 is 0 Å². The minimum Gasteiger partial charge on any atom is -0.448 e. The van der Waals surface area contributed by atoms with Crippen molar-refractivity contribution in [3.05, 3.63) is 12.2 Å². The predicted molar refractivity (Wildman–Crippen MR) is 37.7 cm³/mol. The first kappa shape index (κ1) is 6.07. The summed E-state index contributed by atoms with van der Waals surface area (Å²) in [5.41, 5.74) is 0.587. The van der Waals surface area contributed by atoms with Crippen LogP contribution in [-0.2, 0) is 9.53 Å². The molecule has 3 heteroatoms. The molecule has 2 nitrogen and oxygen atoms in total. The van der Waals surface area contributed by atoms with E-state index in [9.17, 15) is 4.79 Å². The molecule has 1 fully saturated rings. The fourth-order valence-corrected chi connectivity index (χ4v) is 1.28. The highest BCUT2D eigenvalue weighted by molar-refractivity contribution is 14.1. The number of carbonyl (C=O) groups excluding carboxylic acids is 1. The molecule has 0 radical (unpaired) electrons. The van der Waals surface area contributed by atoms with Crippen LogP contribution in [0.1, 0.15) is 6.42 Å². The fourth-order valence-electron chi connectivity index (χ4n) is 0.518. The van der Waals surface area contributed by atoms with E-state index in [0.717, 1.165) is 0 Å². The molecule has 0 saturated carbocycles.